The first-order chi connectivity index (χ1) is 22.5. The Morgan fingerprint density at radius 3 is 1.52 bits per heavy atom. The van der Waals surface area contributed by atoms with E-state index in [0.29, 0.717) is 13.0 Å². The topological polar surface area (TPSA) is 89.9 Å². The van der Waals surface area contributed by atoms with Crippen LogP contribution < -0.4 is 0 Å². The summed E-state index contributed by atoms with van der Waals surface area (Å²) in [4.78, 5) is 35.2. The molecule has 0 aromatic heterocycles. The van der Waals surface area contributed by atoms with Crippen LogP contribution in [-0.2, 0) is 23.9 Å². The van der Waals surface area contributed by atoms with Gasteiger partial charge in [0.25, 0.3) is 0 Å². The molecule has 46 heavy (non-hydrogen) atoms. The molecule has 0 aliphatic carbocycles. The zero-order chi connectivity index (χ0) is 33.8. The molecule has 0 unspecified atom stereocenters. The molecule has 0 spiro atoms. The number of carbonyl (C=O) groups excluding carboxylic acids is 2. The van der Waals surface area contributed by atoms with Crippen LogP contribution in [0.3, 0.4) is 0 Å². The summed E-state index contributed by atoms with van der Waals surface area (Å²) in [6.45, 7) is 4.90. The molecule has 270 valence electrons. The molecule has 0 aromatic carbocycles. The molecule has 0 saturated heterocycles. The standard InChI is InChI=1S/C40H74O6/c1-3-5-7-9-10-11-12-13-14-15-16-17-20-23-26-30-36-45-39(43)34-35-40(44)46-37(31-27-8-6-4-2)32-28-24-21-18-19-22-25-29-33-38(41)42/h24,28,37H,3-23,25-27,29-36H2,1-2H3,(H,41,42)/b28-24-/t37-/m1/s1. The van der Waals surface area contributed by atoms with Gasteiger partial charge < -0.3 is 14.6 Å². The Kier molecular flexibility index (Phi) is 34.5. The molecule has 0 aliphatic rings. The lowest BCUT2D eigenvalue weighted by Gasteiger charge is -2.16. The van der Waals surface area contributed by atoms with E-state index in [1.807, 2.05) is 0 Å². The molecule has 0 amide bonds. The number of esters is 2. The Balaban J connectivity index is 3.86. The Morgan fingerprint density at radius 1 is 0.522 bits per heavy atom. The van der Waals surface area contributed by atoms with Gasteiger partial charge in [0.15, 0.2) is 0 Å². The van der Waals surface area contributed by atoms with Gasteiger partial charge in [-0.3, -0.25) is 14.4 Å². The van der Waals surface area contributed by atoms with Crippen LogP contribution in [0.15, 0.2) is 12.2 Å². The predicted octanol–water partition coefficient (Wildman–Crippen LogP) is 12.2. The van der Waals surface area contributed by atoms with Crippen molar-refractivity contribution in [2.24, 2.45) is 0 Å². The summed E-state index contributed by atoms with van der Waals surface area (Å²) in [7, 11) is 0. The minimum absolute atomic E-state index is 0.0782. The molecule has 0 rings (SSSR count). The largest absolute Gasteiger partial charge is 0.481 e. The number of ether oxygens (including phenoxy) is 2. The summed E-state index contributed by atoms with van der Waals surface area (Å²) >= 11 is 0. The molecule has 6 heteroatoms. The molecule has 0 saturated carbocycles. The quantitative estimate of drug-likeness (QED) is 0.0412. The van der Waals surface area contributed by atoms with Gasteiger partial charge in [-0.05, 0) is 38.5 Å². The summed E-state index contributed by atoms with van der Waals surface area (Å²) in [5.41, 5.74) is 0. The second-order valence-electron chi connectivity index (χ2n) is 13.4. The molecule has 1 atom stereocenters. The first-order valence-electron chi connectivity index (χ1n) is 19.7. The summed E-state index contributed by atoms with van der Waals surface area (Å²) in [6, 6.07) is 0. The highest BCUT2D eigenvalue weighted by atomic mass is 16.5. The molecule has 0 radical (unpaired) electrons. The van der Waals surface area contributed by atoms with Crippen LogP contribution in [-0.4, -0.2) is 35.7 Å². The van der Waals surface area contributed by atoms with Crippen LogP contribution in [0.2, 0.25) is 0 Å². The van der Waals surface area contributed by atoms with E-state index in [1.54, 1.807) is 0 Å². The van der Waals surface area contributed by atoms with Crippen molar-refractivity contribution in [3.8, 4) is 0 Å². The first kappa shape index (κ1) is 44.1. The van der Waals surface area contributed by atoms with E-state index in [-0.39, 0.29) is 37.3 Å². The lowest BCUT2D eigenvalue weighted by atomic mass is 10.0. The second-order valence-corrected chi connectivity index (χ2v) is 13.4. The van der Waals surface area contributed by atoms with Crippen LogP contribution in [0.4, 0.5) is 0 Å². The van der Waals surface area contributed by atoms with Crippen LogP contribution in [0, 0.1) is 0 Å². The first-order valence-corrected chi connectivity index (χ1v) is 19.7. The number of unbranched alkanes of at least 4 members (excludes halogenated alkanes) is 23. The zero-order valence-corrected chi connectivity index (χ0v) is 30.3. The molecule has 0 aromatic rings. The molecule has 6 nitrogen and oxygen atoms in total. The molecule has 0 heterocycles. The molecule has 0 fully saturated rings. The number of carboxylic acid groups (broad SMARTS) is 1. The van der Waals surface area contributed by atoms with Gasteiger partial charge in [-0.25, -0.2) is 0 Å². The lowest BCUT2D eigenvalue weighted by Crippen LogP contribution is -2.19. The van der Waals surface area contributed by atoms with Gasteiger partial charge in [0.2, 0.25) is 0 Å². The average molecular weight is 651 g/mol. The van der Waals surface area contributed by atoms with Gasteiger partial charge in [0, 0.05) is 12.8 Å². The average Bonchev–Trinajstić information content (AvgIpc) is 3.04. The number of carboxylic acids is 1. The highest BCUT2D eigenvalue weighted by Crippen LogP contribution is 2.16. The maximum Gasteiger partial charge on any atom is 0.306 e. The summed E-state index contributed by atoms with van der Waals surface area (Å²) < 4.78 is 11.1. The van der Waals surface area contributed by atoms with Gasteiger partial charge in [-0.1, -0.05) is 161 Å². The Labute approximate surface area is 284 Å². The van der Waals surface area contributed by atoms with Gasteiger partial charge in [0.05, 0.1) is 19.4 Å². The van der Waals surface area contributed by atoms with Crippen molar-refractivity contribution in [3.63, 3.8) is 0 Å². The van der Waals surface area contributed by atoms with Crippen LogP contribution in [0.1, 0.15) is 213 Å². The smallest absolute Gasteiger partial charge is 0.306 e. The number of rotatable bonds is 36. The summed E-state index contributed by atoms with van der Waals surface area (Å²) in [5.74, 6) is -1.33. The SMILES string of the molecule is CCCCCCCCCCCCCCCCCCOC(=O)CCC(=O)O[C@@H](C/C=C\CCCCCCCC(=O)O)CCCCCC. The molecule has 0 bridgehead atoms. The summed E-state index contributed by atoms with van der Waals surface area (Å²) in [5, 5.41) is 8.70. The highest BCUT2D eigenvalue weighted by molar-refractivity contribution is 5.77. The van der Waals surface area contributed by atoms with Gasteiger partial charge in [-0.2, -0.15) is 0 Å². The number of hydrogen-bond acceptors (Lipinski definition) is 5. The van der Waals surface area contributed by atoms with E-state index >= 15 is 0 Å². The third-order valence-electron chi connectivity index (χ3n) is 8.80. The predicted molar refractivity (Wildman–Crippen MR) is 192 cm³/mol. The lowest BCUT2D eigenvalue weighted by molar-refractivity contribution is -0.154. The fraction of sp³-hybridized carbons (Fsp3) is 0.875. The minimum Gasteiger partial charge on any atom is -0.481 e. The van der Waals surface area contributed by atoms with Crippen molar-refractivity contribution in [3.05, 3.63) is 12.2 Å². The Hall–Kier alpha value is -1.85. The van der Waals surface area contributed by atoms with Gasteiger partial charge in [0.1, 0.15) is 6.10 Å². The third-order valence-corrected chi connectivity index (χ3v) is 8.80. The van der Waals surface area contributed by atoms with Gasteiger partial charge in [-0.15, -0.1) is 0 Å². The van der Waals surface area contributed by atoms with E-state index in [1.165, 1.54) is 103 Å². The van der Waals surface area contributed by atoms with E-state index in [2.05, 4.69) is 26.0 Å². The highest BCUT2D eigenvalue weighted by Gasteiger charge is 2.15. The monoisotopic (exact) mass is 651 g/mol. The third kappa shape index (κ3) is 35.0. The van der Waals surface area contributed by atoms with Crippen molar-refractivity contribution in [2.45, 2.75) is 219 Å². The fourth-order valence-electron chi connectivity index (χ4n) is 5.82. The van der Waals surface area contributed by atoms with Crippen molar-refractivity contribution in [2.75, 3.05) is 6.61 Å². The van der Waals surface area contributed by atoms with Crippen molar-refractivity contribution < 1.29 is 29.0 Å². The van der Waals surface area contributed by atoms with Crippen LogP contribution in [0.25, 0.3) is 0 Å². The van der Waals surface area contributed by atoms with Crippen LogP contribution in [0.5, 0.6) is 0 Å². The van der Waals surface area contributed by atoms with E-state index < -0.39 is 5.97 Å². The molecule has 1 N–H and O–H groups in total. The molecular formula is C40H74O6. The maximum atomic E-state index is 12.5. The Bertz CT molecular complexity index is 719. The van der Waals surface area contributed by atoms with Crippen molar-refractivity contribution in [1.29, 1.82) is 0 Å². The number of allylic oxidation sites excluding steroid dienone is 1. The normalized spacial score (nSPS) is 12.0. The number of aliphatic carboxylic acids is 1. The minimum atomic E-state index is -0.714. The van der Waals surface area contributed by atoms with E-state index in [9.17, 15) is 14.4 Å². The van der Waals surface area contributed by atoms with Crippen LogP contribution >= 0.6 is 0 Å². The maximum absolute atomic E-state index is 12.5. The zero-order valence-electron chi connectivity index (χ0n) is 30.3. The summed E-state index contributed by atoms with van der Waals surface area (Å²) in [6.07, 6.45) is 37.7. The molecule has 0 aliphatic heterocycles. The molecular weight excluding hydrogens is 576 g/mol. The fourth-order valence-corrected chi connectivity index (χ4v) is 5.82. The second kappa shape index (κ2) is 36.0. The van der Waals surface area contributed by atoms with Crippen molar-refractivity contribution in [1.82, 2.24) is 0 Å². The van der Waals surface area contributed by atoms with E-state index in [4.69, 9.17) is 14.6 Å². The van der Waals surface area contributed by atoms with Gasteiger partial charge >= 0.3 is 17.9 Å². The van der Waals surface area contributed by atoms with E-state index in [0.717, 1.165) is 70.6 Å². The number of carbonyl (C=O) groups is 3. The Morgan fingerprint density at radius 2 is 0.978 bits per heavy atom. The van der Waals surface area contributed by atoms with Crippen molar-refractivity contribution >= 4 is 17.9 Å². The number of hydrogen-bond donors (Lipinski definition) is 1.